The SMILES string of the molecule is COc1ccc(CNC2COC(C(c3ccc(F)cc3)c3ccc(F)cc3)CC2O)cc1O. The molecule has 0 bridgehead atoms. The lowest BCUT2D eigenvalue weighted by molar-refractivity contribution is -0.0718. The van der Waals surface area contributed by atoms with Crippen molar-refractivity contribution in [2.75, 3.05) is 13.7 Å². The van der Waals surface area contributed by atoms with Crippen LogP contribution in [-0.4, -0.2) is 42.2 Å². The molecule has 3 atom stereocenters. The summed E-state index contributed by atoms with van der Waals surface area (Å²) < 4.78 is 38.2. The predicted octanol–water partition coefficient (Wildman–Crippen LogP) is 4.12. The Hall–Kier alpha value is -3.00. The number of rotatable bonds is 7. The molecule has 4 rings (SSSR count). The fourth-order valence-corrected chi connectivity index (χ4v) is 4.29. The van der Waals surface area contributed by atoms with Crippen molar-refractivity contribution in [2.45, 2.75) is 37.1 Å². The maximum atomic E-state index is 13.5. The monoisotopic (exact) mass is 455 g/mol. The fraction of sp³-hybridized carbons (Fsp3) is 0.308. The lowest BCUT2D eigenvalue weighted by atomic mass is 9.82. The summed E-state index contributed by atoms with van der Waals surface area (Å²) in [5, 5.41) is 24.1. The molecule has 3 unspecified atom stereocenters. The van der Waals surface area contributed by atoms with Gasteiger partial charge in [-0.1, -0.05) is 30.3 Å². The number of aliphatic hydroxyl groups is 1. The summed E-state index contributed by atoms with van der Waals surface area (Å²) in [4.78, 5) is 0. The van der Waals surface area contributed by atoms with Crippen LogP contribution in [0.2, 0.25) is 0 Å². The highest BCUT2D eigenvalue weighted by molar-refractivity contribution is 5.41. The van der Waals surface area contributed by atoms with Crippen LogP contribution in [0.1, 0.15) is 29.0 Å². The topological polar surface area (TPSA) is 71.0 Å². The van der Waals surface area contributed by atoms with E-state index in [1.54, 1.807) is 36.4 Å². The molecule has 33 heavy (non-hydrogen) atoms. The molecule has 3 aromatic rings. The van der Waals surface area contributed by atoms with Crippen molar-refractivity contribution in [1.82, 2.24) is 5.32 Å². The molecule has 0 spiro atoms. The van der Waals surface area contributed by atoms with Crippen LogP contribution in [0, 0.1) is 11.6 Å². The van der Waals surface area contributed by atoms with E-state index in [9.17, 15) is 19.0 Å². The smallest absolute Gasteiger partial charge is 0.160 e. The number of ether oxygens (including phenoxy) is 2. The van der Waals surface area contributed by atoms with Gasteiger partial charge in [0.05, 0.1) is 32.0 Å². The van der Waals surface area contributed by atoms with Crippen LogP contribution in [-0.2, 0) is 11.3 Å². The van der Waals surface area contributed by atoms with Gasteiger partial charge in [0.15, 0.2) is 11.5 Å². The van der Waals surface area contributed by atoms with E-state index in [-0.39, 0.29) is 42.1 Å². The first-order valence-electron chi connectivity index (χ1n) is 10.8. The van der Waals surface area contributed by atoms with E-state index in [0.717, 1.165) is 16.7 Å². The van der Waals surface area contributed by atoms with E-state index in [1.807, 2.05) is 6.07 Å². The first-order valence-corrected chi connectivity index (χ1v) is 10.8. The summed E-state index contributed by atoms with van der Waals surface area (Å²) in [5.41, 5.74) is 2.51. The van der Waals surface area contributed by atoms with Gasteiger partial charge in [-0.3, -0.25) is 0 Å². The summed E-state index contributed by atoms with van der Waals surface area (Å²) in [6, 6.07) is 17.2. The predicted molar refractivity (Wildman–Crippen MR) is 120 cm³/mol. The Bertz CT molecular complexity index is 1010. The third-order valence-electron chi connectivity index (χ3n) is 6.07. The Balaban J connectivity index is 1.46. The summed E-state index contributed by atoms with van der Waals surface area (Å²) in [7, 11) is 1.49. The summed E-state index contributed by atoms with van der Waals surface area (Å²) in [5.74, 6) is -0.501. The minimum Gasteiger partial charge on any atom is -0.504 e. The number of halogens is 2. The second kappa shape index (κ2) is 10.3. The molecular formula is C26H27F2NO4. The standard InChI is InChI=1S/C26H27F2NO4/c1-32-24-11-2-16(12-23(24)31)14-29-21-15-33-25(13-22(21)30)26(17-3-7-19(27)8-4-17)18-5-9-20(28)10-6-18/h2-12,21-22,25-26,29-31H,13-15H2,1H3. The molecule has 0 radical (unpaired) electrons. The highest BCUT2D eigenvalue weighted by Gasteiger charge is 2.35. The maximum absolute atomic E-state index is 13.5. The number of benzene rings is 3. The van der Waals surface area contributed by atoms with Crippen molar-refractivity contribution in [3.63, 3.8) is 0 Å². The molecule has 174 valence electrons. The zero-order chi connectivity index (χ0) is 23.4. The Morgan fingerprint density at radius 3 is 2.12 bits per heavy atom. The number of nitrogens with one attached hydrogen (secondary N) is 1. The van der Waals surface area contributed by atoms with Gasteiger partial charge >= 0.3 is 0 Å². The van der Waals surface area contributed by atoms with Crippen molar-refractivity contribution < 1.29 is 28.5 Å². The number of aliphatic hydroxyl groups excluding tert-OH is 1. The molecule has 0 aliphatic carbocycles. The highest BCUT2D eigenvalue weighted by Crippen LogP contribution is 2.35. The first kappa shape index (κ1) is 23.2. The lowest BCUT2D eigenvalue weighted by Gasteiger charge is -2.38. The van der Waals surface area contributed by atoms with Crippen LogP contribution in [0.25, 0.3) is 0 Å². The third-order valence-corrected chi connectivity index (χ3v) is 6.07. The zero-order valence-electron chi connectivity index (χ0n) is 18.2. The van der Waals surface area contributed by atoms with Crippen LogP contribution in [0.4, 0.5) is 8.78 Å². The third kappa shape index (κ3) is 5.50. The number of phenols is 1. The first-order chi connectivity index (χ1) is 15.9. The average Bonchev–Trinajstić information content (AvgIpc) is 2.81. The molecule has 3 aromatic carbocycles. The van der Waals surface area contributed by atoms with Crippen LogP contribution >= 0.6 is 0 Å². The molecule has 7 heteroatoms. The van der Waals surface area contributed by atoms with Gasteiger partial charge in [0.25, 0.3) is 0 Å². The highest BCUT2D eigenvalue weighted by atomic mass is 19.1. The largest absolute Gasteiger partial charge is 0.504 e. The fourth-order valence-electron chi connectivity index (χ4n) is 4.29. The minimum atomic E-state index is -0.681. The number of methoxy groups -OCH3 is 1. The number of hydrogen-bond donors (Lipinski definition) is 3. The maximum Gasteiger partial charge on any atom is 0.160 e. The Kier molecular flexibility index (Phi) is 7.23. The van der Waals surface area contributed by atoms with E-state index in [2.05, 4.69) is 5.32 Å². The molecule has 1 aliphatic heterocycles. The quantitative estimate of drug-likeness (QED) is 0.500. The Labute approximate surface area is 191 Å². The second-order valence-electron chi connectivity index (χ2n) is 8.25. The molecule has 0 aromatic heterocycles. The van der Waals surface area contributed by atoms with Crippen molar-refractivity contribution in [3.05, 3.63) is 95.1 Å². The van der Waals surface area contributed by atoms with Gasteiger partial charge in [-0.2, -0.15) is 0 Å². The van der Waals surface area contributed by atoms with E-state index < -0.39 is 6.10 Å². The van der Waals surface area contributed by atoms with Crippen molar-refractivity contribution in [2.24, 2.45) is 0 Å². The van der Waals surface area contributed by atoms with Crippen molar-refractivity contribution in [3.8, 4) is 11.5 Å². The van der Waals surface area contributed by atoms with Gasteiger partial charge in [0.1, 0.15) is 11.6 Å². The normalized spacial score (nSPS) is 20.7. The molecule has 0 amide bonds. The number of aromatic hydroxyl groups is 1. The summed E-state index contributed by atoms with van der Waals surface area (Å²) in [6.07, 6.45) is -0.691. The average molecular weight is 456 g/mol. The van der Waals surface area contributed by atoms with Gasteiger partial charge < -0.3 is 25.0 Å². The van der Waals surface area contributed by atoms with E-state index in [1.165, 1.54) is 31.4 Å². The van der Waals surface area contributed by atoms with Crippen molar-refractivity contribution in [1.29, 1.82) is 0 Å². The molecular weight excluding hydrogens is 428 g/mol. The second-order valence-corrected chi connectivity index (χ2v) is 8.25. The number of phenolic OH excluding ortho intramolecular Hbond substituents is 1. The molecule has 1 fully saturated rings. The Morgan fingerprint density at radius 1 is 1.00 bits per heavy atom. The molecule has 1 saturated heterocycles. The van der Waals surface area contributed by atoms with Crippen LogP contribution in [0.3, 0.4) is 0 Å². The van der Waals surface area contributed by atoms with Crippen LogP contribution in [0.15, 0.2) is 66.7 Å². The molecule has 5 nitrogen and oxygen atoms in total. The van der Waals surface area contributed by atoms with Gasteiger partial charge in [-0.25, -0.2) is 8.78 Å². The van der Waals surface area contributed by atoms with Crippen LogP contribution in [0.5, 0.6) is 11.5 Å². The zero-order valence-corrected chi connectivity index (χ0v) is 18.2. The van der Waals surface area contributed by atoms with Crippen molar-refractivity contribution >= 4 is 0 Å². The summed E-state index contributed by atoms with van der Waals surface area (Å²) in [6.45, 7) is 0.708. The van der Waals surface area contributed by atoms with Gasteiger partial charge in [0.2, 0.25) is 0 Å². The molecule has 3 N–H and O–H groups in total. The van der Waals surface area contributed by atoms with Gasteiger partial charge in [-0.15, -0.1) is 0 Å². The van der Waals surface area contributed by atoms with E-state index >= 15 is 0 Å². The molecule has 0 saturated carbocycles. The van der Waals surface area contributed by atoms with Gasteiger partial charge in [-0.05, 0) is 53.1 Å². The van der Waals surface area contributed by atoms with Crippen LogP contribution < -0.4 is 10.1 Å². The minimum absolute atomic E-state index is 0.0544. The van der Waals surface area contributed by atoms with E-state index in [4.69, 9.17) is 9.47 Å². The van der Waals surface area contributed by atoms with E-state index in [0.29, 0.717) is 18.7 Å². The summed E-state index contributed by atoms with van der Waals surface area (Å²) >= 11 is 0. The number of hydrogen-bond acceptors (Lipinski definition) is 5. The van der Waals surface area contributed by atoms with Gasteiger partial charge in [0, 0.05) is 18.9 Å². The molecule has 1 heterocycles. The lowest BCUT2D eigenvalue weighted by Crippen LogP contribution is -2.50. The Morgan fingerprint density at radius 2 is 1.61 bits per heavy atom. The molecule has 1 aliphatic rings.